The number of hydrogen-bond acceptors (Lipinski definition) is 3. The number of unbranched alkanes of at least 4 members (excludes halogenated alkanes) is 1. The van der Waals surface area contributed by atoms with Crippen molar-refractivity contribution in [2.75, 3.05) is 18.5 Å². The lowest BCUT2D eigenvalue weighted by Gasteiger charge is -2.19. The van der Waals surface area contributed by atoms with Crippen LogP contribution in [0, 0.1) is 6.92 Å². The Kier molecular flexibility index (Phi) is 4.69. The number of aldehydes is 1. The van der Waals surface area contributed by atoms with Crippen molar-refractivity contribution >= 4 is 12.1 Å². The number of pyridine rings is 1. The van der Waals surface area contributed by atoms with Gasteiger partial charge in [0.25, 0.3) is 0 Å². The molecular weight excluding hydrogens is 245 g/mol. The molecule has 0 saturated heterocycles. The van der Waals surface area contributed by atoms with Gasteiger partial charge in [0.1, 0.15) is 17.8 Å². The number of halogens is 3. The minimum Gasteiger partial charge on any atom is -0.360 e. The van der Waals surface area contributed by atoms with Crippen molar-refractivity contribution in [3.8, 4) is 0 Å². The van der Waals surface area contributed by atoms with Crippen LogP contribution in [0.25, 0.3) is 0 Å². The molecule has 0 saturated carbocycles. The highest BCUT2D eigenvalue weighted by atomic mass is 19.4. The van der Waals surface area contributed by atoms with Gasteiger partial charge in [-0.05, 0) is 25.0 Å². The molecule has 0 aromatic carbocycles. The van der Waals surface area contributed by atoms with Gasteiger partial charge in [0.15, 0.2) is 0 Å². The number of nitrogens with zero attached hydrogens (tertiary/aromatic N) is 2. The molecular formula is C12H15F3N2O. The summed E-state index contributed by atoms with van der Waals surface area (Å²) in [6, 6.07) is 2.95. The third-order valence-electron chi connectivity index (χ3n) is 2.56. The summed E-state index contributed by atoms with van der Waals surface area (Å²) in [7, 11) is 1.66. The lowest BCUT2D eigenvalue weighted by molar-refractivity contribution is -0.141. The van der Waals surface area contributed by atoms with E-state index in [2.05, 4.69) is 4.98 Å². The van der Waals surface area contributed by atoms with Crippen LogP contribution in [-0.2, 0) is 11.0 Å². The highest BCUT2D eigenvalue weighted by Crippen LogP contribution is 2.31. The number of alkyl halides is 3. The molecule has 3 nitrogen and oxygen atoms in total. The molecule has 0 atom stereocenters. The van der Waals surface area contributed by atoms with Gasteiger partial charge in [-0.3, -0.25) is 0 Å². The van der Waals surface area contributed by atoms with Crippen molar-refractivity contribution in [2.24, 2.45) is 0 Å². The number of carbonyl (C=O) groups is 1. The molecule has 0 radical (unpaired) electrons. The molecule has 1 rings (SSSR count). The van der Waals surface area contributed by atoms with Crippen LogP contribution in [-0.4, -0.2) is 24.9 Å². The fourth-order valence-electron chi connectivity index (χ4n) is 1.54. The van der Waals surface area contributed by atoms with Crippen molar-refractivity contribution in [1.29, 1.82) is 0 Å². The molecule has 1 aromatic rings. The van der Waals surface area contributed by atoms with Crippen molar-refractivity contribution in [1.82, 2.24) is 4.98 Å². The summed E-state index contributed by atoms with van der Waals surface area (Å²) in [6.07, 6.45) is -2.67. The fourth-order valence-corrected chi connectivity index (χ4v) is 1.54. The number of carbonyl (C=O) groups excluding carboxylic acids is 1. The number of anilines is 1. The first-order valence-corrected chi connectivity index (χ1v) is 5.56. The third kappa shape index (κ3) is 3.72. The van der Waals surface area contributed by atoms with E-state index in [-0.39, 0.29) is 11.4 Å². The quantitative estimate of drug-likeness (QED) is 0.603. The zero-order valence-electron chi connectivity index (χ0n) is 10.3. The number of aromatic nitrogens is 1. The first-order valence-electron chi connectivity index (χ1n) is 5.56. The lowest BCUT2D eigenvalue weighted by atomic mass is 10.2. The van der Waals surface area contributed by atoms with Gasteiger partial charge in [-0.1, -0.05) is 6.07 Å². The zero-order chi connectivity index (χ0) is 13.8. The van der Waals surface area contributed by atoms with Gasteiger partial charge in [0.05, 0.1) is 0 Å². The van der Waals surface area contributed by atoms with Crippen molar-refractivity contribution in [3.63, 3.8) is 0 Å². The monoisotopic (exact) mass is 260 g/mol. The SMILES string of the molecule is Cc1ccc(N(C)CCCC=O)nc1C(F)(F)F. The van der Waals surface area contributed by atoms with Gasteiger partial charge >= 0.3 is 6.18 Å². The van der Waals surface area contributed by atoms with E-state index in [9.17, 15) is 18.0 Å². The Morgan fingerprint density at radius 1 is 1.39 bits per heavy atom. The standard InChI is InChI=1S/C12H15F3N2O/c1-9-5-6-10(16-11(9)12(13,14)15)17(2)7-3-4-8-18/h5-6,8H,3-4,7H2,1-2H3. The maximum atomic E-state index is 12.7. The number of aryl methyl sites for hydroxylation is 1. The van der Waals surface area contributed by atoms with Crippen LogP contribution < -0.4 is 4.90 Å². The summed E-state index contributed by atoms with van der Waals surface area (Å²) in [4.78, 5) is 15.4. The van der Waals surface area contributed by atoms with E-state index in [1.54, 1.807) is 18.0 Å². The van der Waals surface area contributed by atoms with Gasteiger partial charge in [-0.2, -0.15) is 13.2 Å². The molecule has 0 aliphatic carbocycles. The Morgan fingerprint density at radius 3 is 2.61 bits per heavy atom. The lowest BCUT2D eigenvalue weighted by Crippen LogP contribution is -2.22. The molecule has 6 heteroatoms. The van der Waals surface area contributed by atoms with Crippen LogP contribution >= 0.6 is 0 Å². The second-order valence-corrected chi connectivity index (χ2v) is 4.06. The van der Waals surface area contributed by atoms with Crippen LogP contribution in [0.3, 0.4) is 0 Å². The molecule has 0 aliphatic rings. The Morgan fingerprint density at radius 2 is 2.06 bits per heavy atom. The maximum absolute atomic E-state index is 12.7. The summed E-state index contributed by atoms with van der Waals surface area (Å²) in [5.41, 5.74) is -0.755. The minimum atomic E-state index is -4.44. The summed E-state index contributed by atoms with van der Waals surface area (Å²) in [5, 5.41) is 0. The van der Waals surface area contributed by atoms with E-state index in [0.717, 1.165) is 6.29 Å². The molecule has 100 valence electrons. The first-order chi connectivity index (χ1) is 8.36. The van der Waals surface area contributed by atoms with E-state index in [1.807, 2.05) is 0 Å². The van der Waals surface area contributed by atoms with Crippen LogP contribution in [0.1, 0.15) is 24.1 Å². The number of hydrogen-bond donors (Lipinski definition) is 0. The van der Waals surface area contributed by atoms with Crippen molar-refractivity contribution in [3.05, 3.63) is 23.4 Å². The molecule has 18 heavy (non-hydrogen) atoms. The van der Waals surface area contributed by atoms with Gasteiger partial charge in [0, 0.05) is 20.0 Å². The summed E-state index contributed by atoms with van der Waals surface area (Å²) < 4.78 is 38.0. The molecule has 1 aromatic heterocycles. The predicted octanol–water partition coefficient (Wildman–Crippen LogP) is 2.82. The summed E-state index contributed by atoms with van der Waals surface area (Å²) in [5.74, 6) is 0.263. The molecule has 0 fully saturated rings. The Balaban J connectivity index is 2.87. The van der Waals surface area contributed by atoms with Crippen molar-refractivity contribution in [2.45, 2.75) is 25.9 Å². The third-order valence-corrected chi connectivity index (χ3v) is 2.56. The predicted molar refractivity (Wildman–Crippen MR) is 62.5 cm³/mol. The Bertz CT molecular complexity index is 418. The van der Waals surface area contributed by atoms with Crippen LogP contribution in [0.2, 0.25) is 0 Å². The first kappa shape index (κ1) is 14.5. The normalized spacial score (nSPS) is 11.4. The molecule has 0 unspecified atom stereocenters. The van der Waals surface area contributed by atoms with Gasteiger partial charge < -0.3 is 9.69 Å². The Hall–Kier alpha value is -1.59. The minimum absolute atomic E-state index is 0.104. The molecule has 0 amide bonds. The van der Waals surface area contributed by atoms with E-state index in [4.69, 9.17) is 0 Å². The highest BCUT2D eigenvalue weighted by Gasteiger charge is 2.34. The molecule has 1 heterocycles. The van der Waals surface area contributed by atoms with E-state index in [1.165, 1.54) is 13.0 Å². The second-order valence-electron chi connectivity index (χ2n) is 4.06. The average molecular weight is 260 g/mol. The van der Waals surface area contributed by atoms with E-state index in [0.29, 0.717) is 19.4 Å². The zero-order valence-corrected chi connectivity index (χ0v) is 10.3. The van der Waals surface area contributed by atoms with E-state index < -0.39 is 11.9 Å². The highest BCUT2D eigenvalue weighted by molar-refractivity contribution is 5.49. The van der Waals surface area contributed by atoms with Gasteiger partial charge in [-0.25, -0.2) is 4.98 Å². The number of rotatable bonds is 5. The van der Waals surface area contributed by atoms with Crippen LogP contribution in [0.15, 0.2) is 12.1 Å². The fraction of sp³-hybridized carbons (Fsp3) is 0.500. The van der Waals surface area contributed by atoms with Crippen LogP contribution in [0.5, 0.6) is 0 Å². The smallest absolute Gasteiger partial charge is 0.360 e. The Labute approximate surface area is 104 Å². The summed E-state index contributed by atoms with van der Waals surface area (Å²) in [6.45, 7) is 1.87. The molecule has 0 aliphatic heterocycles. The molecule has 0 spiro atoms. The second kappa shape index (κ2) is 5.84. The topological polar surface area (TPSA) is 33.2 Å². The van der Waals surface area contributed by atoms with Crippen molar-refractivity contribution < 1.29 is 18.0 Å². The average Bonchev–Trinajstić information content (AvgIpc) is 2.28. The summed E-state index contributed by atoms with van der Waals surface area (Å²) >= 11 is 0. The molecule has 0 N–H and O–H groups in total. The maximum Gasteiger partial charge on any atom is 0.433 e. The van der Waals surface area contributed by atoms with Gasteiger partial charge in [-0.15, -0.1) is 0 Å². The van der Waals surface area contributed by atoms with E-state index >= 15 is 0 Å². The molecule has 0 bridgehead atoms. The largest absolute Gasteiger partial charge is 0.433 e. The van der Waals surface area contributed by atoms with Gasteiger partial charge in [0.2, 0.25) is 0 Å². The van der Waals surface area contributed by atoms with Crippen LogP contribution in [0.4, 0.5) is 19.0 Å².